The van der Waals surface area contributed by atoms with E-state index in [0.29, 0.717) is 11.6 Å². The summed E-state index contributed by atoms with van der Waals surface area (Å²) in [4.78, 5) is 8.09. The smallest absolute Gasteiger partial charge is 0.170 e. The number of pyridine rings is 2. The number of halogens is 4. The van der Waals surface area contributed by atoms with Gasteiger partial charge in [0.2, 0.25) is 0 Å². The summed E-state index contributed by atoms with van der Waals surface area (Å²) in [6.45, 7) is 7.61. The van der Waals surface area contributed by atoms with Gasteiger partial charge in [0.1, 0.15) is 11.6 Å². The molecule has 0 amide bonds. The summed E-state index contributed by atoms with van der Waals surface area (Å²) < 4.78 is 59.1. The van der Waals surface area contributed by atoms with E-state index in [0.717, 1.165) is 0 Å². The predicted molar refractivity (Wildman–Crippen MR) is 110 cm³/mol. The lowest BCUT2D eigenvalue weighted by molar-refractivity contribution is 0.463. The molecule has 0 saturated heterocycles. The maximum Gasteiger partial charge on any atom is 0.170 e. The Bertz CT molecular complexity index is 919. The Morgan fingerprint density at radius 3 is 1.17 bits per heavy atom. The van der Waals surface area contributed by atoms with E-state index < -0.39 is 34.4 Å². The number of anilines is 2. The molecule has 30 heavy (non-hydrogen) atoms. The number of hydrogen-bond acceptors (Lipinski definition) is 4. The Labute approximate surface area is 172 Å². The monoisotopic (exact) mass is 418 g/mol. The number of benzene rings is 1. The predicted octanol–water partition coefficient (Wildman–Crippen LogP) is 6.01. The maximum atomic E-state index is 14.8. The molecule has 4 nitrogen and oxygen atoms in total. The van der Waals surface area contributed by atoms with Crippen LogP contribution >= 0.6 is 0 Å². The van der Waals surface area contributed by atoms with Crippen molar-refractivity contribution >= 4 is 11.6 Å². The van der Waals surface area contributed by atoms with E-state index in [9.17, 15) is 17.6 Å². The summed E-state index contributed by atoms with van der Waals surface area (Å²) in [5, 5.41) is 6.05. The molecule has 2 N–H and O–H groups in total. The molecule has 8 heteroatoms. The summed E-state index contributed by atoms with van der Waals surface area (Å²) in [6, 6.07) is 5.88. The van der Waals surface area contributed by atoms with E-state index in [4.69, 9.17) is 0 Å². The van der Waals surface area contributed by atoms with E-state index in [1.54, 1.807) is 0 Å². The molecule has 3 rings (SSSR count). The molecule has 0 bridgehead atoms. The molecule has 2 aromatic heterocycles. The van der Waals surface area contributed by atoms with E-state index in [1.165, 1.54) is 36.7 Å². The average molecular weight is 418 g/mol. The minimum absolute atomic E-state index is 0.0711. The van der Waals surface area contributed by atoms with Crippen LogP contribution < -0.4 is 10.6 Å². The molecule has 0 aliphatic carbocycles. The van der Waals surface area contributed by atoms with Crippen molar-refractivity contribution in [3.05, 3.63) is 59.9 Å². The van der Waals surface area contributed by atoms with Crippen molar-refractivity contribution in [2.24, 2.45) is 0 Å². The van der Waals surface area contributed by atoms with Crippen molar-refractivity contribution in [3.63, 3.8) is 0 Å². The highest BCUT2D eigenvalue weighted by atomic mass is 19.2. The standard InChI is InChI=1S/C22H22F4N4/c1-11(2)29-15-7-5-13(9-27-15)17-19(23)21(25)18(22(26)20(17)24)14-6-8-16(28-10-14)30-12(3)4/h5-12H,1-4H3,(H,27,29)(H,28,30). The van der Waals surface area contributed by atoms with Gasteiger partial charge in [-0.15, -0.1) is 0 Å². The number of nitrogens with one attached hydrogen (secondary N) is 2. The molecule has 1 aromatic carbocycles. The largest absolute Gasteiger partial charge is 0.368 e. The number of rotatable bonds is 6. The molecule has 158 valence electrons. The zero-order valence-electron chi connectivity index (χ0n) is 17.0. The lowest BCUT2D eigenvalue weighted by Gasteiger charge is -2.14. The second-order valence-corrected chi connectivity index (χ2v) is 7.47. The fraction of sp³-hybridized carbons (Fsp3) is 0.273. The van der Waals surface area contributed by atoms with E-state index >= 15 is 0 Å². The Morgan fingerprint density at radius 1 is 0.600 bits per heavy atom. The zero-order chi connectivity index (χ0) is 22.0. The quantitative estimate of drug-likeness (QED) is 0.380. The first-order valence-electron chi connectivity index (χ1n) is 9.51. The molecular formula is C22H22F4N4. The van der Waals surface area contributed by atoms with Crippen LogP contribution in [0.3, 0.4) is 0 Å². The van der Waals surface area contributed by atoms with Crippen molar-refractivity contribution in [3.8, 4) is 22.3 Å². The van der Waals surface area contributed by atoms with Crippen LogP contribution in [0.4, 0.5) is 29.2 Å². The lowest BCUT2D eigenvalue weighted by Crippen LogP contribution is -2.11. The molecule has 0 fully saturated rings. The first-order valence-corrected chi connectivity index (χ1v) is 9.51. The molecule has 2 heterocycles. The molecule has 0 atom stereocenters. The summed E-state index contributed by atoms with van der Waals surface area (Å²) in [5.41, 5.74) is -1.75. The van der Waals surface area contributed by atoms with Crippen LogP contribution in [0.2, 0.25) is 0 Å². The molecule has 0 unspecified atom stereocenters. The van der Waals surface area contributed by atoms with Crippen molar-refractivity contribution in [1.29, 1.82) is 0 Å². The lowest BCUT2D eigenvalue weighted by atomic mass is 9.99. The van der Waals surface area contributed by atoms with Crippen LogP contribution in [-0.4, -0.2) is 22.1 Å². The topological polar surface area (TPSA) is 49.8 Å². The van der Waals surface area contributed by atoms with E-state index in [-0.39, 0.29) is 23.2 Å². The number of aromatic nitrogens is 2. The van der Waals surface area contributed by atoms with Crippen molar-refractivity contribution < 1.29 is 17.6 Å². The van der Waals surface area contributed by atoms with Crippen molar-refractivity contribution in [2.45, 2.75) is 39.8 Å². The van der Waals surface area contributed by atoms with Crippen LogP contribution in [0.5, 0.6) is 0 Å². The van der Waals surface area contributed by atoms with Gasteiger partial charge in [0.15, 0.2) is 23.3 Å². The highest BCUT2D eigenvalue weighted by Crippen LogP contribution is 2.36. The normalized spacial score (nSPS) is 11.3. The van der Waals surface area contributed by atoms with Gasteiger partial charge in [0.05, 0.1) is 11.1 Å². The molecule has 0 spiro atoms. The second kappa shape index (κ2) is 8.69. The molecule has 0 aliphatic rings. The van der Waals surface area contributed by atoms with Gasteiger partial charge in [0, 0.05) is 35.6 Å². The van der Waals surface area contributed by atoms with Gasteiger partial charge in [-0.2, -0.15) is 0 Å². The molecule has 0 radical (unpaired) electrons. The minimum Gasteiger partial charge on any atom is -0.368 e. The SMILES string of the molecule is CC(C)Nc1ccc(-c2c(F)c(F)c(-c3ccc(NC(C)C)nc3)c(F)c2F)cn1. The third kappa shape index (κ3) is 4.37. The molecule has 3 aromatic rings. The van der Waals surface area contributed by atoms with Crippen LogP contribution in [-0.2, 0) is 0 Å². The van der Waals surface area contributed by atoms with Crippen molar-refractivity contribution in [2.75, 3.05) is 10.6 Å². The minimum atomic E-state index is -1.49. The van der Waals surface area contributed by atoms with Crippen molar-refractivity contribution in [1.82, 2.24) is 9.97 Å². The van der Waals surface area contributed by atoms with Gasteiger partial charge >= 0.3 is 0 Å². The molecule has 0 aliphatic heterocycles. The van der Waals surface area contributed by atoms with Gasteiger partial charge < -0.3 is 10.6 Å². The van der Waals surface area contributed by atoms with Gasteiger partial charge in [-0.3, -0.25) is 0 Å². The van der Waals surface area contributed by atoms with Gasteiger partial charge in [-0.25, -0.2) is 27.5 Å². The fourth-order valence-corrected chi connectivity index (χ4v) is 2.98. The maximum absolute atomic E-state index is 14.8. The van der Waals surface area contributed by atoms with Crippen LogP contribution in [0.15, 0.2) is 36.7 Å². The first-order chi connectivity index (χ1) is 14.2. The molecular weight excluding hydrogens is 396 g/mol. The summed E-state index contributed by atoms with van der Waals surface area (Å²) >= 11 is 0. The van der Waals surface area contributed by atoms with Gasteiger partial charge in [0.25, 0.3) is 0 Å². The van der Waals surface area contributed by atoms with E-state index in [1.807, 2.05) is 27.7 Å². The highest BCUT2D eigenvalue weighted by molar-refractivity contribution is 5.73. The van der Waals surface area contributed by atoms with Crippen LogP contribution in [0.25, 0.3) is 22.3 Å². The fourth-order valence-electron chi connectivity index (χ4n) is 2.98. The molecule has 0 saturated carbocycles. The number of nitrogens with zero attached hydrogens (tertiary/aromatic N) is 2. The Balaban J connectivity index is 2.04. The Morgan fingerprint density at radius 2 is 0.933 bits per heavy atom. The van der Waals surface area contributed by atoms with Crippen LogP contribution in [0.1, 0.15) is 27.7 Å². The van der Waals surface area contributed by atoms with Gasteiger partial charge in [-0.1, -0.05) is 0 Å². The third-order valence-corrected chi connectivity index (χ3v) is 4.24. The third-order valence-electron chi connectivity index (χ3n) is 4.24. The van der Waals surface area contributed by atoms with Gasteiger partial charge in [-0.05, 0) is 52.0 Å². The Hall–Kier alpha value is -3.16. The summed E-state index contributed by atoms with van der Waals surface area (Å²) in [6.07, 6.45) is 2.33. The number of hydrogen-bond donors (Lipinski definition) is 2. The first kappa shape index (κ1) is 21.5. The average Bonchev–Trinajstić information content (AvgIpc) is 2.68. The zero-order valence-corrected chi connectivity index (χ0v) is 17.0. The van der Waals surface area contributed by atoms with E-state index in [2.05, 4.69) is 20.6 Å². The highest BCUT2D eigenvalue weighted by Gasteiger charge is 2.27. The second-order valence-electron chi connectivity index (χ2n) is 7.47. The summed E-state index contributed by atoms with van der Waals surface area (Å²) in [5.74, 6) is -4.99. The Kier molecular flexibility index (Phi) is 6.24. The van der Waals surface area contributed by atoms with Crippen LogP contribution in [0, 0.1) is 23.3 Å². The summed E-state index contributed by atoms with van der Waals surface area (Å²) in [7, 11) is 0.